The smallest absolute Gasteiger partial charge is 0.293 e. The van der Waals surface area contributed by atoms with Crippen LogP contribution < -0.4 is 4.90 Å². The van der Waals surface area contributed by atoms with E-state index in [0.717, 1.165) is 36.0 Å². The van der Waals surface area contributed by atoms with E-state index in [-0.39, 0.29) is 17.7 Å². The molecule has 0 unspecified atom stereocenters. The maximum atomic E-state index is 12.8. The molecular weight excluding hydrogens is 427 g/mol. The fourth-order valence-corrected chi connectivity index (χ4v) is 4.85. The summed E-state index contributed by atoms with van der Waals surface area (Å²) < 4.78 is 0. The van der Waals surface area contributed by atoms with Crippen molar-refractivity contribution in [3.8, 4) is 0 Å². The zero-order valence-electron chi connectivity index (χ0n) is 16.0. The van der Waals surface area contributed by atoms with Crippen molar-refractivity contribution in [2.75, 3.05) is 18.0 Å². The second-order valence-electron chi connectivity index (χ2n) is 7.26. The normalized spacial score (nSPS) is 18.4. The third kappa shape index (κ3) is 4.32. The third-order valence-corrected chi connectivity index (χ3v) is 6.81. The first-order chi connectivity index (χ1) is 13.9. The van der Waals surface area contributed by atoms with Crippen LogP contribution in [0.15, 0.2) is 41.3 Å². The summed E-state index contributed by atoms with van der Waals surface area (Å²) in [5.41, 5.74) is 4.10. The fourth-order valence-electron chi connectivity index (χ4n) is 3.69. The Bertz CT molecular complexity index is 1020. The lowest BCUT2D eigenvalue weighted by Gasteiger charge is -2.20. The van der Waals surface area contributed by atoms with Crippen LogP contribution in [0.4, 0.5) is 10.5 Å². The maximum Gasteiger partial charge on any atom is 0.293 e. The number of aryl methyl sites for hydroxylation is 1. The van der Waals surface area contributed by atoms with Crippen LogP contribution in [0, 0.1) is 6.92 Å². The van der Waals surface area contributed by atoms with E-state index >= 15 is 0 Å². The Kier molecular flexibility index (Phi) is 5.91. The number of hydrogen-bond donors (Lipinski definition) is 0. The van der Waals surface area contributed by atoms with Gasteiger partial charge in [-0.05, 0) is 78.6 Å². The van der Waals surface area contributed by atoms with Gasteiger partial charge < -0.3 is 4.90 Å². The van der Waals surface area contributed by atoms with Gasteiger partial charge in [0.2, 0.25) is 0 Å². The van der Waals surface area contributed by atoms with Crippen LogP contribution in [0.25, 0.3) is 6.08 Å². The molecule has 2 saturated heterocycles. The Morgan fingerprint density at radius 1 is 1.03 bits per heavy atom. The highest BCUT2D eigenvalue weighted by Gasteiger charge is 2.35. The predicted molar refractivity (Wildman–Crippen MR) is 121 cm³/mol. The van der Waals surface area contributed by atoms with Gasteiger partial charge in [-0.1, -0.05) is 35.3 Å². The number of rotatable bonds is 4. The maximum absolute atomic E-state index is 12.8. The van der Waals surface area contributed by atoms with Gasteiger partial charge in [0.1, 0.15) is 0 Å². The summed E-state index contributed by atoms with van der Waals surface area (Å²) in [6.45, 7) is 4.44. The number of carbonyl (C=O) groups is 2. The predicted octanol–water partition coefficient (Wildman–Crippen LogP) is 6.14. The van der Waals surface area contributed by atoms with E-state index in [4.69, 9.17) is 23.2 Å². The van der Waals surface area contributed by atoms with Crippen LogP contribution in [0.5, 0.6) is 0 Å². The number of halogens is 2. The van der Waals surface area contributed by atoms with Gasteiger partial charge >= 0.3 is 0 Å². The summed E-state index contributed by atoms with van der Waals surface area (Å²) in [6, 6.07) is 11.3. The molecule has 150 valence electrons. The Labute approximate surface area is 184 Å². The number of thioether (sulfide) groups is 1. The molecule has 4 rings (SSSR count). The highest BCUT2D eigenvalue weighted by Crippen LogP contribution is 2.35. The standard InChI is InChI=1S/C22H20Cl2N2O2S/c1-14-10-15(5-7-19(14)25-8-2-3-9-25)12-20-21(27)26(22(28)29-20)13-16-4-6-17(23)18(24)11-16/h4-7,10-12H,2-3,8-9,13H2,1H3/b20-12-. The van der Waals surface area contributed by atoms with Crippen LogP contribution in [0.3, 0.4) is 0 Å². The first-order valence-corrected chi connectivity index (χ1v) is 11.0. The molecule has 0 radical (unpaired) electrons. The van der Waals surface area contributed by atoms with Crippen molar-refractivity contribution in [3.63, 3.8) is 0 Å². The Hall–Kier alpha value is -1.95. The summed E-state index contributed by atoms with van der Waals surface area (Å²) >= 11 is 12.9. The van der Waals surface area contributed by atoms with Crippen molar-refractivity contribution in [1.82, 2.24) is 4.90 Å². The largest absolute Gasteiger partial charge is 0.371 e. The molecule has 2 aliphatic rings. The minimum atomic E-state index is -0.285. The Morgan fingerprint density at radius 2 is 1.79 bits per heavy atom. The van der Waals surface area contributed by atoms with Gasteiger partial charge in [0.25, 0.3) is 11.1 Å². The van der Waals surface area contributed by atoms with Crippen LogP contribution in [-0.4, -0.2) is 29.1 Å². The number of imide groups is 1. The van der Waals surface area contributed by atoms with Crippen molar-refractivity contribution < 1.29 is 9.59 Å². The third-order valence-electron chi connectivity index (χ3n) is 5.16. The van der Waals surface area contributed by atoms with Crippen LogP contribution in [-0.2, 0) is 11.3 Å². The first-order valence-electron chi connectivity index (χ1n) is 9.47. The number of hydrogen-bond acceptors (Lipinski definition) is 4. The molecule has 0 aliphatic carbocycles. The fraction of sp³-hybridized carbons (Fsp3) is 0.273. The van der Waals surface area contributed by atoms with Gasteiger partial charge in [0, 0.05) is 18.8 Å². The van der Waals surface area contributed by atoms with E-state index in [2.05, 4.69) is 24.0 Å². The minimum Gasteiger partial charge on any atom is -0.371 e. The van der Waals surface area contributed by atoms with E-state index in [9.17, 15) is 9.59 Å². The number of carbonyl (C=O) groups excluding carboxylic acids is 2. The molecule has 0 atom stereocenters. The lowest BCUT2D eigenvalue weighted by molar-refractivity contribution is -0.123. The average molecular weight is 447 g/mol. The zero-order chi connectivity index (χ0) is 20.5. The van der Waals surface area contributed by atoms with E-state index in [1.807, 2.05) is 6.07 Å². The van der Waals surface area contributed by atoms with Crippen molar-refractivity contribution in [1.29, 1.82) is 0 Å². The van der Waals surface area contributed by atoms with Gasteiger partial charge in [-0.15, -0.1) is 0 Å². The molecule has 29 heavy (non-hydrogen) atoms. The minimum absolute atomic E-state index is 0.172. The van der Waals surface area contributed by atoms with Crippen molar-refractivity contribution in [2.24, 2.45) is 0 Å². The Balaban J connectivity index is 1.52. The molecule has 2 aliphatic heterocycles. The molecule has 0 N–H and O–H groups in total. The van der Waals surface area contributed by atoms with Crippen molar-refractivity contribution in [2.45, 2.75) is 26.3 Å². The van der Waals surface area contributed by atoms with Crippen LogP contribution >= 0.6 is 35.0 Å². The van der Waals surface area contributed by atoms with Gasteiger partial charge in [0.15, 0.2) is 0 Å². The molecule has 4 nitrogen and oxygen atoms in total. The Morgan fingerprint density at radius 3 is 2.48 bits per heavy atom. The molecule has 7 heteroatoms. The van der Waals surface area contributed by atoms with E-state index in [0.29, 0.717) is 15.0 Å². The number of benzene rings is 2. The molecule has 2 fully saturated rings. The lowest BCUT2D eigenvalue weighted by atomic mass is 10.1. The summed E-state index contributed by atoms with van der Waals surface area (Å²) in [7, 11) is 0. The first kappa shape index (κ1) is 20.3. The van der Waals surface area contributed by atoms with Crippen LogP contribution in [0.1, 0.15) is 29.5 Å². The second-order valence-corrected chi connectivity index (χ2v) is 9.06. The molecule has 2 aromatic carbocycles. The average Bonchev–Trinajstić information content (AvgIpc) is 3.30. The molecule has 2 amide bonds. The van der Waals surface area contributed by atoms with Gasteiger partial charge in [-0.2, -0.15) is 0 Å². The van der Waals surface area contributed by atoms with Gasteiger partial charge in [-0.25, -0.2) is 0 Å². The summed E-state index contributed by atoms with van der Waals surface area (Å²) in [4.78, 5) is 29.2. The number of nitrogens with zero attached hydrogens (tertiary/aromatic N) is 2. The SMILES string of the molecule is Cc1cc(/C=C2\SC(=O)N(Cc3ccc(Cl)c(Cl)c3)C2=O)ccc1N1CCCC1. The topological polar surface area (TPSA) is 40.6 Å². The highest BCUT2D eigenvalue weighted by molar-refractivity contribution is 8.18. The quantitative estimate of drug-likeness (QED) is 0.528. The zero-order valence-corrected chi connectivity index (χ0v) is 18.3. The molecule has 0 bridgehead atoms. The van der Waals surface area contributed by atoms with Crippen molar-refractivity contribution >= 4 is 57.9 Å². The van der Waals surface area contributed by atoms with E-state index in [1.165, 1.54) is 29.0 Å². The molecule has 0 saturated carbocycles. The van der Waals surface area contributed by atoms with Gasteiger partial charge in [-0.3, -0.25) is 14.5 Å². The summed E-state index contributed by atoms with van der Waals surface area (Å²) in [5, 5.41) is 0.565. The molecule has 2 heterocycles. The van der Waals surface area contributed by atoms with Gasteiger partial charge in [0.05, 0.1) is 21.5 Å². The number of anilines is 1. The van der Waals surface area contributed by atoms with Crippen LogP contribution in [0.2, 0.25) is 10.0 Å². The monoisotopic (exact) mass is 446 g/mol. The summed E-state index contributed by atoms with van der Waals surface area (Å²) in [5.74, 6) is -0.285. The van der Waals surface area contributed by atoms with E-state index in [1.54, 1.807) is 24.3 Å². The van der Waals surface area contributed by atoms with Crippen molar-refractivity contribution in [3.05, 3.63) is 68.0 Å². The molecule has 0 spiro atoms. The number of amides is 2. The second kappa shape index (κ2) is 8.42. The van der Waals surface area contributed by atoms with E-state index < -0.39 is 0 Å². The molecule has 2 aromatic rings. The molecular formula is C22H20Cl2N2O2S. The molecule has 0 aromatic heterocycles. The highest BCUT2D eigenvalue weighted by atomic mass is 35.5. The lowest BCUT2D eigenvalue weighted by Crippen LogP contribution is -2.27. The summed E-state index contributed by atoms with van der Waals surface area (Å²) in [6.07, 6.45) is 4.25.